The van der Waals surface area contributed by atoms with E-state index in [2.05, 4.69) is 26.1 Å². The summed E-state index contributed by atoms with van der Waals surface area (Å²) in [5.74, 6) is 1.59. The minimum atomic E-state index is -0.667. The summed E-state index contributed by atoms with van der Waals surface area (Å²) in [6, 6.07) is 7.44. The van der Waals surface area contributed by atoms with E-state index in [1.807, 2.05) is 24.3 Å². The summed E-state index contributed by atoms with van der Waals surface area (Å²) in [7, 11) is 0. The fourth-order valence-electron chi connectivity index (χ4n) is 2.36. The number of amides is 1. The lowest BCUT2D eigenvalue weighted by Crippen LogP contribution is -2.23. The Hall–Kier alpha value is -1.58. The van der Waals surface area contributed by atoms with Crippen molar-refractivity contribution in [2.45, 2.75) is 30.7 Å². The largest absolute Gasteiger partial charge is 0.491 e. The van der Waals surface area contributed by atoms with Gasteiger partial charge in [-0.2, -0.15) is 0 Å². The van der Waals surface area contributed by atoms with Gasteiger partial charge in [-0.15, -0.1) is 10.2 Å². The van der Waals surface area contributed by atoms with Crippen LogP contribution >= 0.6 is 27.7 Å². The molecule has 1 aliphatic heterocycles. The number of halogens is 1. The van der Waals surface area contributed by atoms with Gasteiger partial charge in [0.05, 0.1) is 12.6 Å². The van der Waals surface area contributed by atoms with Crippen LogP contribution in [-0.4, -0.2) is 51.1 Å². The SMILES string of the molecule is O=C1CCCN1Cc1nnc(SCC(O)COc2cccc(Br)c2)o1. The number of carbonyl (C=O) groups excluding carboxylic acids is 1. The molecule has 0 radical (unpaired) electrons. The van der Waals surface area contributed by atoms with E-state index in [-0.39, 0.29) is 12.5 Å². The van der Waals surface area contributed by atoms with E-state index in [1.165, 1.54) is 11.8 Å². The molecular weight excluding hydrogens is 410 g/mol. The fraction of sp³-hybridized carbons (Fsp3) is 0.438. The molecule has 0 spiro atoms. The molecule has 0 saturated carbocycles. The Morgan fingerprint density at radius 3 is 3.08 bits per heavy atom. The number of aliphatic hydroxyl groups excluding tert-OH is 1. The molecule has 0 bridgehead atoms. The fourth-order valence-corrected chi connectivity index (χ4v) is 3.42. The number of aromatic nitrogens is 2. The van der Waals surface area contributed by atoms with Gasteiger partial charge in [-0.1, -0.05) is 33.8 Å². The van der Waals surface area contributed by atoms with Crippen molar-refractivity contribution in [3.05, 3.63) is 34.6 Å². The molecule has 0 aliphatic carbocycles. The molecule has 1 unspecified atom stereocenters. The number of likely N-dealkylation sites (tertiary alicyclic amines) is 1. The minimum absolute atomic E-state index is 0.118. The summed E-state index contributed by atoms with van der Waals surface area (Å²) < 4.78 is 12.0. The summed E-state index contributed by atoms with van der Waals surface area (Å²) >= 11 is 4.63. The van der Waals surface area contributed by atoms with Crippen molar-refractivity contribution in [2.75, 3.05) is 18.9 Å². The van der Waals surface area contributed by atoms with E-state index in [1.54, 1.807) is 4.90 Å². The van der Waals surface area contributed by atoms with Gasteiger partial charge < -0.3 is 19.2 Å². The van der Waals surface area contributed by atoms with E-state index in [0.29, 0.717) is 35.6 Å². The van der Waals surface area contributed by atoms with E-state index in [9.17, 15) is 9.90 Å². The maximum Gasteiger partial charge on any atom is 0.276 e. The zero-order valence-corrected chi connectivity index (χ0v) is 15.8. The second kappa shape index (κ2) is 8.68. The monoisotopic (exact) mass is 427 g/mol. The predicted octanol–water partition coefficient (Wildman–Crippen LogP) is 2.49. The van der Waals surface area contributed by atoms with Crippen molar-refractivity contribution in [1.29, 1.82) is 0 Å². The highest BCUT2D eigenvalue weighted by molar-refractivity contribution is 9.10. The van der Waals surface area contributed by atoms with Gasteiger partial charge in [0.25, 0.3) is 5.22 Å². The Bertz CT molecular complexity index is 727. The molecule has 1 atom stereocenters. The first-order valence-corrected chi connectivity index (χ1v) is 9.67. The van der Waals surface area contributed by atoms with Crippen LogP contribution < -0.4 is 4.74 Å². The highest BCUT2D eigenvalue weighted by Crippen LogP contribution is 2.21. The lowest BCUT2D eigenvalue weighted by Gasteiger charge is -2.12. The normalized spacial score (nSPS) is 15.6. The Labute approximate surface area is 157 Å². The smallest absolute Gasteiger partial charge is 0.276 e. The topological polar surface area (TPSA) is 88.7 Å². The average molecular weight is 428 g/mol. The molecule has 1 aromatic carbocycles. The number of carbonyl (C=O) groups is 1. The molecule has 134 valence electrons. The molecule has 1 aromatic heterocycles. The number of rotatable bonds is 8. The van der Waals surface area contributed by atoms with Crippen molar-refractivity contribution in [2.24, 2.45) is 0 Å². The van der Waals surface area contributed by atoms with Crippen molar-refractivity contribution in [3.8, 4) is 5.75 Å². The highest BCUT2D eigenvalue weighted by Gasteiger charge is 2.22. The van der Waals surface area contributed by atoms with Crippen LogP contribution in [0.5, 0.6) is 5.75 Å². The lowest BCUT2D eigenvalue weighted by atomic mass is 10.3. The second-order valence-corrected chi connectivity index (χ2v) is 7.50. The number of thioether (sulfide) groups is 1. The Kier molecular flexibility index (Phi) is 6.33. The van der Waals surface area contributed by atoms with Crippen molar-refractivity contribution in [3.63, 3.8) is 0 Å². The first kappa shape index (κ1) is 18.2. The Morgan fingerprint density at radius 2 is 2.32 bits per heavy atom. The van der Waals surface area contributed by atoms with Gasteiger partial charge in [-0.3, -0.25) is 4.79 Å². The highest BCUT2D eigenvalue weighted by atomic mass is 79.9. The summed E-state index contributed by atoms with van der Waals surface area (Å²) in [4.78, 5) is 13.3. The minimum Gasteiger partial charge on any atom is -0.491 e. The van der Waals surface area contributed by atoms with Crippen molar-refractivity contribution in [1.82, 2.24) is 15.1 Å². The summed E-state index contributed by atoms with van der Waals surface area (Å²) in [6.45, 7) is 1.25. The molecule has 2 heterocycles. The van der Waals surface area contributed by atoms with Crippen LogP contribution in [0.2, 0.25) is 0 Å². The predicted molar refractivity (Wildman–Crippen MR) is 95.3 cm³/mol. The molecule has 9 heteroatoms. The van der Waals surface area contributed by atoms with Crippen molar-refractivity contribution < 1.29 is 19.1 Å². The van der Waals surface area contributed by atoms with Crippen LogP contribution in [0.15, 0.2) is 38.4 Å². The van der Waals surface area contributed by atoms with E-state index >= 15 is 0 Å². The van der Waals surface area contributed by atoms with E-state index < -0.39 is 6.10 Å². The first-order chi connectivity index (χ1) is 12.1. The maximum atomic E-state index is 11.6. The molecule has 1 amide bonds. The average Bonchev–Trinajstić information content (AvgIpc) is 3.21. The number of ether oxygens (including phenoxy) is 1. The third-order valence-electron chi connectivity index (χ3n) is 3.58. The summed E-state index contributed by atoms with van der Waals surface area (Å²) in [5.41, 5.74) is 0. The van der Waals surface area contributed by atoms with Gasteiger partial charge in [0.15, 0.2) is 0 Å². The molecule has 1 saturated heterocycles. The molecule has 25 heavy (non-hydrogen) atoms. The van der Waals surface area contributed by atoms with Crippen LogP contribution in [0, 0.1) is 0 Å². The number of nitrogens with zero attached hydrogens (tertiary/aromatic N) is 3. The third-order valence-corrected chi connectivity index (χ3v) is 5.04. The van der Waals surface area contributed by atoms with Crippen LogP contribution in [0.1, 0.15) is 18.7 Å². The lowest BCUT2D eigenvalue weighted by molar-refractivity contribution is -0.128. The molecule has 3 rings (SSSR count). The Balaban J connectivity index is 1.41. The zero-order valence-electron chi connectivity index (χ0n) is 13.4. The number of aliphatic hydroxyl groups is 1. The second-order valence-electron chi connectivity index (χ2n) is 5.61. The molecule has 2 aromatic rings. The molecular formula is C16H18BrN3O4S. The molecule has 1 N–H and O–H groups in total. The number of benzene rings is 1. The van der Waals surface area contributed by atoms with Crippen LogP contribution in [0.4, 0.5) is 0 Å². The zero-order chi connectivity index (χ0) is 17.6. The van der Waals surface area contributed by atoms with Gasteiger partial charge in [-0.05, 0) is 24.6 Å². The van der Waals surface area contributed by atoms with Gasteiger partial charge >= 0.3 is 0 Å². The summed E-state index contributed by atoms with van der Waals surface area (Å²) in [6.07, 6.45) is 0.790. The van der Waals surface area contributed by atoms with Gasteiger partial charge in [0.2, 0.25) is 11.8 Å². The van der Waals surface area contributed by atoms with Gasteiger partial charge in [0, 0.05) is 23.2 Å². The maximum absolute atomic E-state index is 11.6. The van der Waals surface area contributed by atoms with Gasteiger partial charge in [-0.25, -0.2) is 0 Å². The van der Waals surface area contributed by atoms with E-state index in [4.69, 9.17) is 9.15 Å². The van der Waals surface area contributed by atoms with Gasteiger partial charge in [0.1, 0.15) is 12.4 Å². The van der Waals surface area contributed by atoms with Crippen LogP contribution in [0.25, 0.3) is 0 Å². The van der Waals surface area contributed by atoms with Crippen LogP contribution in [-0.2, 0) is 11.3 Å². The molecule has 1 aliphatic rings. The molecule has 1 fully saturated rings. The van der Waals surface area contributed by atoms with E-state index in [0.717, 1.165) is 17.4 Å². The number of hydrogen-bond acceptors (Lipinski definition) is 7. The summed E-state index contributed by atoms with van der Waals surface area (Å²) in [5, 5.41) is 18.3. The molecule has 7 nitrogen and oxygen atoms in total. The third kappa shape index (κ3) is 5.45. The first-order valence-electron chi connectivity index (χ1n) is 7.89. The van der Waals surface area contributed by atoms with Crippen LogP contribution in [0.3, 0.4) is 0 Å². The quantitative estimate of drug-likeness (QED) is 0.647. The van der Waals surface area contributed by atoms with Crippen molar-refractivity contribution >= 4 is 33.6 Å². The number of hydrogen-bond donors (Lipinski definition) is 1. The Morgan fingerprint density at radius 1 is 1.44 bits per heavy atom. The standard InChI is InChI=1S/C16H18BrN3O4S/c17-11-3-1-4-13(7-11)23-9-12(21)10-25-16-19-18-14(24-16)8-20-6-2-5-15(20)22/h1,3-4,7,12,21H,2,5-6,8-10H2.